The molecule has 1 aliphatic rings. The van der Waals surface area contributed by atoms with Crippen molar-refractivity contribution in [1.29, 1.82) is 0 Å². The summed E-state index contributed by atoms with van der Waals surface area (Å²) in [5, 5.41) is 7.95. The van der Waals surface area contributed by atoms with Gasteiger partial charge in [-0.05, 0) is 30.3 Å². The van der Waals surface area contributed by atoms with E-state index in [2.05, 4.69) is 10.4 Å². The predicted octanol–water partition coefficient (Wildman–Crippen LogP) is 3.66. The van der Waals surface area contributed by atoms with Crippen molar-refractivity contribution in [1.82, 2.24) is 15.1 Å². The Morgan fingerprint density at radius 2 is 1.76 bits per heavy atom. The first-order valence-electron chi connectivity index (χ1n) is 8.11. The van der Waals surface area contributed by atoms with Crippen molar-refractivity contribution in [2.75, 3.05) is 6.54 Å². The van der Waals surface area contributed by atoms with Crippen LogP contribution in [-0.2, 0) is 19.5 Å². The zero-order chi connectivity index (χ0) is 17.4. The fourth-order valence-electron chi connectivity index (χ4n) is 3.20. The Hall–Kier alpha value is -2.60. The normalized spacial score (nSPS) is 13.7. The van der Waals surface area contributed by atoms with Gasteiger partial charge in [0, 0.05) is 48.0 Å². The first kappa shape index (κ1) is 15.9. The van der Waals surface area contributed by atoms with E-state index in [0.29, 0.717) is 12.1 Å². The monoisotopic (exact) mass is 343 g/mol. The molecule has 0 aliphatic carbocycles. The molecule has 6 heteroatoms. The number of nitrogens with zero attached hydrogens (tertiary/aromatic N) is 2. The first-order valence-corrected chi connectivity index (χ1v) is 8.11. The van der Waals surface area contributed by atoms with Gasteiger partial charge in [-0.2, -0.15) is 5.10 Å². The number of rotatable bonds is 3. The summed E-state index contributed by atoms with van der Waals surface area (Å²) in [5.41, 5.74) is 4.04. The molecule has 1 aliphatic heterocycles. The van der Waals surface area contributed by atoms with Gasteiger partial charge < -0.3 is 5.32 Å². The van der Waals surface area contributed by atoms with Crippen LogP contribution in [0.3, 0.4) is 0 Å². The molecule has 4 rings (SSSR count). The maximum atomic E-state index is 14.0. The molecule has 3 aromatic rings. The van der Waals surface area contributed by atoms with Gasteiger partial charge in [-0.3, -0.25) is 4.68 Å². The molecular formula is C19H16F3N3. The second-order valence-electron chi connectivity index (χ2n) is 6.10. The Morgan fingerprint density at radius 1 is 1.00 bits per heavy atom. The average molecular weight is 343 g/mol. The fourth-order valence-corrected chi connectivity index (χ4v) is 3.20. The summed E-state index contributed by atoms with van der Waals surface area (Å²) in [6, 6.07) is 9.75. The van der Waals surface area contributed by atoms with Crippen molar-refractivity contribution in [2.24, 2.45) is 0 Å². The van der Waals surface area contributed by atoms with Crippen molar-refractivity contribution in [2.45, 2.75) is 19.5 Å². The van der Waals surface area contributed by atoms with E-state index in [1.54, 1.807) is 16.8 Å². The highest BCUT2D eigenvalue weighted by molar-refractivity contribution is 5.64. The Bertz CT molecular complexity index is 916. The van der Waals surface area contributed by atoms with Crippen molar-refractivity contribution in [3.05, 3.63) is 76.7 Å². The fraction of sp³-hybridized carbons (Fsp3) is 0.211. The van der Waals surface area contributed by atoms with Crippen LogP contribution in [0, 0.1) is 17.5 Å². The van der Waals surface area contributed by atoms with E-state index < -0.39 is 11.6 Å². The minimum absolute atomic E-state index is 0.232. The van der Waals surface area contributed by atoms with Crippen LogP contribution >= 0.6 is 0 Å². The van der Waals surface area contributed by atoms with Crippen LogP contribution in [0.25, 0.3) is 11.3 Å². The Kier molecular flexibility index (Phi) is 4.05. The van der Waals surface area contributed by atoms with Gasteiger partial charge in [0.15, 0.2) is 0 Å². The maximum Gasteiger partial charge on any atom is 0.131 e. The molecular weight excluding hydrogens is 327 g/mol. The van der Waals surface area contributed by atoms with Crippen LogP contribution in [0.15, 0.2) is 42.5 Å². The summed E-state index contributed by atoms with van der Waals surface area (Å²) in [7, 11) is 0. The molecule has 0 radical (unpaired) electrons. The first-order chi connectivity index (χ1) is 12.1. The number of fused-ring (bicyclic) bond motifs is 1. The number of aromatic nitrogens is 2. The second kappa shape index (κ2) is 6.37. The number of halogens is 3. The van der Waals surface area contributed by atoms with E-state index in [1.165, 1.54) is 24.3 Å². The summed E-state index contributed by atoms with van der Waals surface area (Å²) in [6.07, 6.45) is 0.770. The predicted molar refractivity (Wildman–Crippen MR) is 88.5 cm³/mol. The van der Waals surface area contributed by atoms with Crippen LogP contribution < -0.4 is 5.32 Å². The van der Waals surface area contributed by atoms with Gasteiger partial charge in [0.2, 0.25) is 0 Å². The third-order valence-corrected chi connectivity index (χ3v) is 4.46. The van der Waals surface area contributed by atoms with Crippen LogP contribution in [0.2, 0.25) is 0 Å². The highest BCUT2D eigenvalue weighted by atomic mass is 19.1. The molecule has 128 valence electrons. The highest BCUT2D eigenvalue weighted by Crippen LogP contribution is 2.28. The molecule has 0 saturated heterocycles. The molecule has 25 heavy (non-hydrogen) atoms. The van der Waals surface area contributed by atoms with E-state index in [-0.39, 0.29) is 12.4 Å². The summed E-state index contributed by atoms with van der Waals surface area (Å²) in [4.78, 5) is 0. The largest absolute Gasteiger partial charge is 0.312 e. The highest BCUT2D eigenvalue weighted by Gasteiger charge is 2.22. The molecule has 0 atom stereocenters. The molecule has 1 N–H and O–H groups in total. The number of hydrogen-bond acceptors (Lipinski definition) is 2. The molecule has 0 amide bonds. The molecule has 0 saturated carbocycles. The zero-order valence-corrected chi connectivity index (χ0v) is 13.4. The summed E-state index contributed by atoms with van der Waals surface area (Å²) < 4.78 is 42.1. The van der Waals surface area contributed by atoms with Crippen molar-refractivity contribution in [3.63, 3.8) is 0 Å². The lowest BCUT2D eigenvalue weighted by atomic mass is 10.0. The van der Waals surface area contributed by atoms with Crippen LogP contribution in [0.4, 0.5) is 13.2 Å². The van der Waals surface area contributed by atoms with Crippen LogP contribution in [-0.4, -0.2) is 16.3 Å². The van der Waals surface area contributed by atoms with Gasteiger partial charge in [-0.25, -0.2) is 13.2 Å². The molecule has 0 spiro atoms. The van der Waals surface area contributed by atoms with Crippen molar-refractivity contribution < 1.29 is 13.2 Å². The molecule has 2 aromatic carbocycles. The lowest BCUT2D eigenvalue weighted by Gasteiger charge is -2.16. The smallest absolute Gasteiger partial charge is 0.131 e. The number of hydrogen-bond donors (Lipinski definition) is 1. The molecule has 3 nitrogen and oxygen atoms in total. The lowest BCUT2D eigenvalue weighted by Crippen LogP contribution is -2.25. The summed E-state index contributed by atoms with van der Waals surface area (Å²) in [5.74, 6) is -1.48. The standard InChI is InChI=1S/C19H16F3N3/c20-14-4-1-12(2-5-14)19-16-10-23-8-7-18(16)25(24-19)11-13-3-6-15(21)9-17(13)22/h1-6,9,23H,7-8,10-11H2. The van der Waals surface area contributed by atoms with Gasteiger partial charge in [-0.1, -0.05) is 6.07 Å². The van der Waals surface area contributed by atoms with E-state index in [4.69, 9.17) is 0 Å². The zero-order valence-electron chi connectivity index (χ0n) is 13.4. The average Bonchev–Trinajstić information content (AvgIpc) is 2.97. The van der Waals surface area contributed by atoms with E-state index >= 15 is 0 Å². The maximum absolute atomic E-state index is 14.0. The van der Waals surface area contributed by atoms with E-state index in [1.807, 2.05) is 0 Å². The Labute approximate surface area is 143 Å². The Balaban J connectivity index is 1.76. The SMILES string of the molecule is Fc1ccc(-c2nn(Cc3ccc(F)cc3F)c3c2CNCC3)cc1. The van der Waals surface area contributed by atoms with Gasteiger partial charge in [0.05, 0.1) is 12.2 Å². The number of benzene rings is 2. The molecule has 0 unspecified atom stereocenters. The summed E-state index contributed by atoms with van der Waals surface area (Å²) in [6.45, 7) is 1.71. The lowest BCUT2D eigenvalue weighted by molar-refractivity contribution is 0.543. The van der Waals surface area contributed by atoms with E-state index in [0.717, 1.165) is 41.5 Å². The van der Waals surface area contributed by atoms with Gasteiger partial charge in [0.25, 0.3) is 0 Å². The van der Waals surface area contributed by atoms with Crippen LogP contribution in [0.5, 0.6) is 0 Å². The topological polar surface area (TPSA) is 29.9 Å². The molecule has 0 bridgehead atoms. The van der Waals surface area contributed by atoms with Gasteiger partial charge >= 0.3 is 0 Å². The molecule has 0 fully saturated rings. The van der Waals surface area contributed by atoms with Crippen molar-refractivity contribution in [3.8, 4) is 11.3 Å². The van der Waals surface area contributed by atoms with Crippen molar-refractivity contribution >= 4 is 0 Å². The van der Waals surface area contributed by atoms with Crippen LogP contribution in [0.1, 0.15) is 16.8 Å². The quantitative estimate of drug-likeness (QED) is 0.787. The molecule has 2 heterocycles. The second-order valence-corrected chi connectivity index (χ2v) is 6.10. The third kappa shape index (κ3) is 3.05. The Morgan fingerprint density at radius 3 is 2.52 bits per heavy atom. The van der Waals surface area contributed by atoms with Gasteiger partial charge in [0.1, 0.15) is 17.5 Å². The van der Waals surface area contributed by atoms with E-state index in [9.17, 15) is 13.2 Å². The minimum Gasteiger partial charge on any atom is -0.312 e. The third-order valence-electron chi connectivity index (χ3n) is 4.46. The van der Waals surface area contributed by atoms with Gasteiger partial charge in [-0.15, -0.1) is 0 Å². The minimum atomic E-state index is -0.597. The number of nitrogens with one attached hydrogen (secondary N) is 1. The molecule has 1 aromatic heterocycles. The summed E-state index contributed by atoms with van der Waals surface area (Å²) >= 11 is 0.